The van der Waals surface area contributed by atoms with Crippen molar-refractivity contribution < 1.29 is 4.74 Å². The molecule has 0 fully saturated rings. The fourth-order valence-corrected chi connectivity index (χ4v) is 5.10. The molecule has 3 unspecified atom stereocenters. The maximum Gasteiger partial charge on any atom is 0.188 e. The summed E-state index contributed by atoms with van der Waals surface area (Å²) < 4.78 is 6.33. The molecule has 30 heavy (non-hydrogen) atoms. The molecule has 0 N–H and O–H groups in total. The van der Waals surface area contributed by atoms with Crippen LogP contribution in [0.15, 0.2) is 52.2 Å². The Balaban J connectivity index is 1.63. The van der Waals surface area contributed by atoms with Crippen molar-refractivity contribution in [3.63, 3.8) is 0 Å². The third-order valence-corrected chi connectivity index (χ3v) is 7.15. The van der Waals surface area contributed by atoms with Crippen molar-refractivity contribution in [1.29, 1.82) is 0 Å². The minimum absolute atomic E-state index is 0.248. The lowest BCUT2D eigenvalue weighted by molar-refractivity contribution is 0.192. The second-order valence-corrected chi connectivity index (χ2v) is 10.1. The SMILES string of the molecule is CC(=CC(C)C(C)CC(C)C)C(C)C1=C(C)N=C(OC2Cc3ccccc3C2)CC1. The molecule has 2 nitrogen and oxygen atoms in total. The molecule has 3 rings (SSSR count). The molecule has 0 radical (unpaired) electrons. The highest BCUT2D eigenvalue weighted by Gasteiger charge is 2.26. The van der Waals surface area contributed by atoms with Crippen molar-refractivity contribution in [2.45, 2.75) is 86.7 Å². The fourth-order valence-electron chi connectivity index (χ4n) is 5.10. The molecule has 0 saturated heterocycles. The van der Waals surface area contributed by atoms with Gasteiger partial charge in [-0.05, 0) is 67.1 Å². The number of fused-ring (bicyclic) bond motifs is 1. The molecule has 0 amide bonds. The van der Waals surface area contributed by atoms with E-state index in [0.29, 0.717) is 11.8 Å². The van der Waals surface area contributed by atoms with Gasteiger partial charge in [-0.25, -0.2) is 4.99 Å². The third-order valence-electron chi connectivity index (χ3n) is 7.15. The Labute approximate surface area is 184 Å². The van der Waals surface area contributed by atoms with Gasteiger partial charge in [0.15, 0.2) is 5.90 Å². The first kappa shape index (κ1) is 22.8. The molecule has 1 aliphatic heterocycles. The Hall–Kier alpha value is -1.83. The summed E-state index contributed by atoms with van der Waals surface area (Å²) in [5, 5.41) is 0. The molecule has 0 saturated carbocycles. The van der Waals surface area contributed by atoms with E-state index in [2.05, 4.69) is 78.8 Å². The Bertz CT molecular complexity index is 804. The molecule has 0 bridgehead atoms. The van der Waals surface area contributed by atoms with Crippen LogP contribution < -0.4 is 0 Å². The first-order valence-electron chi connectivity index (χ1n) is 11.9. The summed E-state index contributed by atoms with van der Waals surface area (Å²) in [7, 11) is 0. The summed E-state index contributed by atoms with van der Waals surface area (Å²) in [4.78, 5) is 4.89. The Morgan fingerprint density at radius 1 is 1.07 bits per heavy atom. The number of rotatable bonds is 7. The molecular formula is C28H41NO. The van der Waals surface area contributed by atoms with E-state index in [1.807, 2.05) is 0 Å². The number of aliphatic imine (C=N–C) groups is 1. The lowest BCUT2D eigenvalue weighted by Gasteiger charge is -2.26. The Morgan fingerprint density at radius 2 is 1.70 bits per heavy atom. The summed E-state index contributed by atoms with van der Waals surface area (Å²) in [5.41, 5.74) is 6.99. The molecule has 3 atom stereocenters. The van der Waals surface area contributed by atoms with Crippen molar-refractivity contribution in [2.24, 2.45) is 28.7 Å². The van der Waals surface area contributed by atoms with Crippen LogP contribution in [0.2, 0.25) is 0 Å². The van der Waals surface area contributed by atoms with Gasteiger partial charge in [-0.3, -0.25) is 0 Å². The van der Waals surface area contributed by atoms with Crippen molar-refractivity contribution >= 4 is 5.90 Å². The van der Waals surface area contributed by atoms with E-state index in [-0.39, 0.29) is 6.10 Å². The van der Waals surface area contributed by atoms with E-state index in [1.54, 1.807) is 0 Å². The van der Waals surface area contributed by atoms with E-state index in [4.69, 9.17) is 9.73 Å². The number of hydrogen-bond acceptors (Lipinski definition) is 2. The molecule has 0 aromatic heterocycles. The van der Waals surface area contributed by atoms with Gasteiger partial charge in [0.25, 0.3) is 0 Å². The highest BCUT2D eigenvalue weighted by atomic mass is 16.5. The van der Waals surface area contributed by atoms with Gasteiger partial charge >= 0.3 is 0 Å². The fraction of sp³-hybridized carbons (Fsp3) is 0.607. The third kappa shape index (κ3) is 5.65. The summed E-state index contributed by atoms with van der Waals surface area (Å²) in [6.07, 6.45) is 8.05. The van der Waals surface area contributed by atoms with Crippen LogP contribution in [-0.2, 0) is 17.6 Å². The summed E-state index contributed by atoms with van der Waals surface area (Å²) in [6.45, 7) is 16.2. The van der Waals surface area contributed by atoms with Crippen LogP contribution in [0.5, 0.6) is 0 Å². The van der Waals surface area contributed by atoms with Gasteiger partial charge in [0.2, 0.25) is 0 Å². The molecule has 164 valence electrons. The van der Waals surface area contributed by atoms with E-state index >= 15 is 0 Å². The molecule has 1 heterocycles. The number of benzene rings is 1. The summed E-state index contributed by atoms with van der Waals surface area (Å²) in [6, 6.07) is 8.70. The van der Waals surface area contributed by atoms with E-state index in [0.717, 1.165) is 49.1 Å². The van der Waals surface area contributed by atoms with Crippen molar-refractivity contribution in [3.8, 4) is 0 Å². The Morgan fingerprint density at radius 3 is 2.27 bits per heavy atom. The minimum Gasteiger partial charge on any atom is -0.477 e. The monoisotopic (exact) mass is 407 g/mol. The number of allylic oxidation sites excluding steroid dienone is 4. The zero-order valence-corrected chi connectivity index (χ0v) is 20.2. The molecule has 1 aromatic carbocycles. The predicted octanol–water partition coefficient (Wildman–Crippen LogP) is 7.54. The van der Waals surface area contributed by atoms with Crippen molar-refractivity contribution in [1.82, 2.24) is 0 Å². The molecule has 0 spiro atoms. The summed E-state index contributed by atoms with van der Waals surface area (Å²) in [5.74, 6) is 3.49. The standard InChI is InChI=1S/C28H41NO/c1-18(2)14-19(3)20(4)15-21(5)22(6)27-12-13-28(29-23(27)7)30-26-16-24-10-8-9-11-25(24)17-26/h8-11,15,18-20,22,26H,12-14,16-17H2,1-7H3. The van der Waals surface area contributed by atoms with Gasteiger partial charge < -0.3 is 4.74 Å². The zero-order chi connectivity index (χ0) is 21.8. The van der Waals surface area contributed by atoms with Gasteiger partial charge in [0.05, 0.1) is 0 Å². The van der Waals surface area contributed by atoms with Crippen molar-refractivity contribution in [3.05, 3.63) is 58.3 Å². The molecule has 1 aromatic rings. The van der Waals surface area contributed by atoms with Crippen LogP contribution in [-0.4, -0.2) is 12.0 Å². The lowest BCUT2D eigenvalue weighted by atomic mass is 9.83. The van der Waals surface area contributed by atoms with Crippen LogP contribution in [0, 0.1) is 23.7 Å². The van der Waals surface area contributed by atoms with E-state index in [9.17, 15) is 0 Å². The van der Waals surface area contributed by atoms with Gasteiger partial charge in [-0.2, -0.15) is 0 Å². The second kappa shape index (κ2) is 9.98. The first-order chi connectivity index (χ1) is 14.2. The van der Waals surface area contributed by atoms with Crippen LogP contribution in [0.25, 0.3) is 0 Å². The quantitative estimate of drug-likeness (QED) is 0.428. The molecule has 2 heteroatoms. The van der Waals surface area contributed by atoms with Gasteiger partial charge in [0.1, 0.15) is 6.10 Å². The topological polar surface area (TPSA) is 21.6 Å². The normalized spacial score (nSPS) is 20.8. The maximum absolute atomic E-state index is 6.33. The van der Waals surface area contributed by atoms with Gasteiger partial charge in [-0.1, -0.05) is 70.5 Å². The highest BCUT2D eigenvalue weighted by Crippen LogP contribution is 2.33. The van der Waals surface area contributed by atoms with E-state index in [1.165, 1.54) is 28.7 Å². The van der Waals surface area contributed by atoms with Crippen LogP contribution in [0.3, 0.4) is 0 Å². The lowest BCUT2D eigenvalue weighted by Crippen LogP contribution is -2.21. The van der Waals surface area contributed by atoms with Crippen LogP contribution >= 0.6 is 0 Å². The minimum atomic E-state index is 0.248. The van der Waals surface area contributed by atoms with Crippen LogP contribution in [0.4, 0.5) is 0 Å². The smallest absolute Gasteiger partial charge is 0.188 e. The predicted molar refractivity (Wildman–Crippen MR) is 129 cm³/mol. The molecule has 2 aliphatic rings. The first-order valence-corrected chi connectivity index (χ1v) is 11.9. The Kier molecular flexibility index (Phi) is 7.60. The average Bonchev–Trinajstić information content (AvgIpc) is 3.09. The molecular weight excluding hydrogens is 366 g/mol. The van der Waals surface area contributed by atoms with Crippen molar-refractivity contribution in [2.75, 3.05) is 0 Å². The van der Waals surface area contributed by atoms with E-state index < -0.39 is 0 Å². The van der Waals surface area contributed by atoms with Gasteiger partial charge in [0, 0.05) is 25.0 Å². The largest absolute Gasteiger partial charge is 0.477 e. The summed E-state index contributed by atoms with van der Waals surface area (Å²) >= 11 is 0. The van der Waals surface area contributed by atoms with Gasteiger partial charge in [-0.15, -0.1) is 0 Å². The molecule has 1 aliphatic carbocycles. The highest BCUT2D eigenvalue weighted by molar-refractivity contribution is 5.79. The average molecular weight is 408 g/mol. The number of hydrogen-bond donors (Lipinski definition) is 0. The maximum atomic E-state index is 6.33. The number of nitrogens with zero attached hydrogens (tertiary/aromatic N) is 1. The second-order valence-electron chi connectivity index (χ2n) is 10.1. The number of ether oxygens (including phenoxy) is 1. The van der Waals surface area contributed by atoms with Crippen LogP contribution in [0.1, 0.15) is 78.9 Å². The zero-order valence-electron chi connectivity index (χ0n) is 20.2.